The number of nitrogens with zero attached hydrogens (tertiary/aromatic N) is 2. The second-order valence-electron chi connectivity index (χ2n) is 4.89. The van der Waals surface area contributed by atoms with Crippen molar-refractivity contribution < 1.29 is 23.8 Å². The number of anilines is 1. The Kier molecular flexibility index (Phi) is 3.32. The molecule has 3 rings (SSSR count). The molecule has 0 bridgehead atoms. The predicted molar refractivity (Wildman–Crippen MR) is 72.7 cm³/mol. The third-order valence-electron chi connectivity index (χ3n) is 3.31. The molecule has 3 heterocycles. The molecule has 0 saturated carbocycles. The number of nitrogens with two attached hydrogens (primary N) is 1. The molecule has 1 unspecified atom stereocenters. The number of fused-ring (bicyclic) bond motifs is 1. The van der Waals surface area contributed by atoms with E-state index in [0.29, 0.717) is 0 Å². The zero-order valence-electron chi connectivity index (χ0n) is 10.7. The van der Waals surface area contributed by atoms with E-state index in [1.807, 2.05) is 0 Å². The van der Waals surface area contributed by atoms with Crippen LogP contribution in [0.25, 0.3) is 0 Å². The van der Waals surface area contributed by atoms with Crippen LogP contribution in [0.3, 0.4) is 0 Å². The molecule has 9 nitrogen and oxygen atoms in total. The molecule has 4 atom stereocenters. The van der Waals surface area contributed by atoms with Gasteiger partial charge in [0, 0.05) is 0 Å². The first-order valence-electron chi connectivity index (χ1n) is 6.10. The predicted octanol–water partition coefficient (Wildman–Crippen LogP) is -2.47. The van der Waals surface area contributed by atoms with Crippen molar-refractivity contribution in [3.05, 3.63) is 22.7 Å². The fraction of sp³-hybridized carbons (Fsp3) is 0.556. The molecule has 110 valence electrons. The average Bonchev–Trinajstić information content (AvgIpc) is 2.66. The summed E-state index contributed by atoms with van der Waals surface area (Å²) in [5.41, 5.74) is 4.79. The Hall–Kier alpha value is -1.03. The average molecular weight is 303 g/mol. The number of aliphatic hydroxyl groups is 1. The zero-order chi connectivity index (χ0) is 14.5. The fourth-order valence-corrected chi connectivity index (χ4v) is 3.71. The molecule has 2 aliphatic rings. The van der Waals surface area contributed by atoms with Gasteiger partial charge in [-0.15, -0.1) is 0 Å². The van der Waals surface area contributed by atoms with E-state index in [4.69, 9.17) is 19.5 Å². The Morgan fingerprint density at radius 1 is 1.60 bits per heavy atom. The van der Waals surface area contributed by atoms with Crippen molar-refractivity contribution in [2.45, 2.75) is 24.5 Å². The first-order chi connectivity index (χ1) is 9.37. The summed E-state index contributed by atoms with van der Waals surface area (Å²) in [4.78, 5) is 25.2. The maximum atomic E-state index is 11.8. The number of hydrogen-bond acceptors (Lipinski definition) is 8. The Morgan fingerprint density at radius 2 is 2.35 bits per heavy atom. The van der Waals surface area contributed by atoms with Crippen LogP contribution in [0.2, 0.25) is 0 Å². The third kappa shape index (κ3) is 2.35. The number of hydrogen-bond donors (Lipinski definition) is 3. The standard InChI is InChI=1S/C9H15BN3O6P/c10-20(16)17-3-4-7(19-20)6(14)8(18-4)13-2-1-5(11)12-9(13)15/h1-2,4,6-8,14,16,20H,3,10H2,(H2,11,12,15)/t4-,6?,7-,8-/m1/s1. The summed E-state index contributed by atoms with van der Waals surface area (Å²) in [5.74, 6) is 0.0890. The van der Waals surface area contributed by atoms with Crippen molar-refractivity contribution >= 4 is 21.2 Å². The van der Waals surface area contributed by atoms with E-state index >= 15 is 0 Å². The van der Waals surface area contributed by atoms with E-state index in [1.54, 1.807) is 0 Å². The van der Waals surface area contributed by atoms with Crippen LogP contribution in [0, 0.1) is 0 Å². The monoisotopic (exact) mass is 303 g/mol. The minimum absolute atomic E-state index is 0.0890. The van der Waals surface area contributed by atoms with Crippen molar-refractivity contribution in [2.24, 2.45) is 0 Å². The molecular weight excluding hydrogens is 288 g/mol. The summed E-state index contributed by atoms with van der Waals surface area (Å²) >= 11 is 0. The second-order valence-corrected chi connectivity index (χ2v) is 7.21. The maximum absolute atomic E-state index is 11.8. The molecule has 2 saturated heterocycles. The van der Waals surface area contributed by atoms with Gasteiger partial charge in [0.1, 0.15) is 0 Å². The molecular formula is C9H15BN3O6P. The molecule has 0 aromatic carbocycles. The van der Waals surface area contributed by atoms with Gasteiger partial charge in [-0.1, -0.05) is 0 Å². The molecule has 1 aromatic heterocycles. The van der Waals surface area contributed by atoms with Gasteiger partial charge in [-0.3, -0.25) is 0 Å². The van der Waals surface area contributed by atoms with E-state index < -0.39 is 38.1 Å². The zero-order valence-corrected chi connectivity index (χ0v) is 11.7. The van der Waals surface area contributed by atoms with Gasteiger partial charge in [-0.05, 0) is 0 Å². The van der Waals surface area contributed by atoms with Crippen LogP contribution >= 0.6 is 7.82 Å². The molecule has 11 heteroatoms. The van der Waals surface area contributed by atoms with Gasteiger partial charge < -0.3 is 0 Å². The number of nitrogen functional groups attached to an aromatic ring is 1. The molecule has 0 amide bonds. The van der Waals surface area contributed by atoms with Gasteiger partial charge in [0.15, 0.2) is 0 Å². The van der Waals surface area contributed by atoms with Gasteiger partial charge >= 0.3 is 114 Å². The van der Waals surface area contributed by atoms with Crippen LogP contribution in [0.15, 0.2) is 17.1 Å². The van der Waals surface area contributed by atoms with Gasteiger partial charge in [-0.25, -0.2) is 0 Å². The Morgan fingerprint density at radius 3 is 3.05 bits per heavy atom. The summed E-state index contributed by atoms with van der Waals surface area (Å²) in [5, 5.41) is 10.3. The molecule has 0 aliphatic carbocycles. The van der Waals surface area contributed by atoms with Crippen molar-refractivity contribution in [1.82, 2.24) is 9.55 Å². The Balaban J connectivity index is 1.88. The summed E-state index contributed by atoms with van der Waals surface area (Å²) < 4.78 is 17.2. The molecule has 4 N–H and O–H groups in total. The Labute approximate surface area is 115 Å². The van der Waals surface area contributed by atoms with Gasteiger partial charge in [-0.2, -0.15) is 0 Å². The van der Waals surface area contributed by atoms with Crippen LogP contribution in [-0.2, 0) is 13.8 Å². The van der Waals surface area contributed by atoms with E-state index in [-0.39, 0.29) is 12.4 Å². The van der Waals surface area contributed by atoms with Crippen LogP contribution in [-0.4, -0.2) is 52.0 Å². The van der Waals surface area contributed by atoms with E-state index in [1.165, 1.54) is 19.8 Å². The fourth-order valence-electron chi connectivity index (χ4n) is 2.37. The van der Waals surface area contributed by atoms with E-state index in [9.17, 15) is 14.8 Å². The number of aromatic nitrogens is 2. The normalized spacial score (nSPS) is 37.3. The van der Waals surface area contributed by atoms with Crippen LogP contribution in [0.1, 0.15) is 6.23 Å². The SMILES string of the molecule is B[PH]1(O)OC[C@H]2O[C@@H](n3ccc(N)nc3=O)C(O)[C@@H]2O1. The summed E-state index contributed by atoms with van der Waals surface area (Å²) in [6, 6.07) is 1.43. The van der Waals surface area contributed by atoms with Crippen LogP contribution in [0.4, 0.5) is 5.82 Å². The number of rotatable bonds is 1. The minimum atomic E-state index is -3.23. The molecule has 20 heavy (non-hydrogen) atoms. The van der Waals surface area contributed by atoms with Gasteiger partial charge in [0.05, 0.1) is 0 Å². The van der Waals surface area contributed by atoms with Crippen molar-refractivity contribution in [3.8, 4) is 0 Å². The third-order valence-corrected chi connectivity index (χ3v) is 4.72. The Bertz CT molecular complexity index is 583. The first kappa shape index (κ1) is 13.9. The van der Waals surface area contributed by atoms with E-state index in [0.717, 1.165) is 4.57 Å². The van der Waals surface area contributed by atoms with Crippen LogP contribution in [0.5, 0.6) is 0 Å². The van der Waals surface area contributed by atoms with Gasteiger partial charge in [0.2, 0.25) is 0 Å². The molecule has 1 aromatic rings. The molecule has 2 fully saturated rings. The van der Waals surface area contributed by atoms with Gasteiger partial charge in [0.25, 0.3) is 0 Å². The summed E-state index contributed by atoms with van der Waals surface area (Å²) in [7, 11) is -1.78. The molecule has 0 spiro atoms. The second kappa shape index (κ2) is 4.76. The van der Waals surface area contributed by atoms with Crippen molar-refractivity contribution in [2.75, 3.05) is 12.3 Å². The number of ether oxygens (including phenoxy) is 1. The summed E-state index contributed by atoms with van der Waals surface area (Å²) in [6.45, 7) is 0.106. The number of aliphatic hydroxyl groups excluding tert-OH is 1. The van der Waals surface area contributed by atoms with Crippen LogP contribution < -0.4 is 11.4 Å². The summed E-state index contributed by atoms with van der Waals surface area (Å²) in [6.07, 6.45) is -1.94. The molecule has 2 aliphatic heterocycles. The van der Waals surface area contributed by atoms with Crippen molar-refractivity contribution in [3.63, 3.8) is 0 Å². The topological polar surface area (TPSA) is 129 Å². The van der Waals surface area contributed by atoms with E-state index in [2.05, 4.69) is 4.98 Å². The molecule has 0 radical (unpaired) electrons. The van der Waals surface area contributed by atoms with Crippen molar-refractivity contribution in [1.29, 1.82) is 0 Å². The quantitative estimate of drug-likeness (QED) is 0.385. The first-order valence-corrected chi connectivity index (χ1v) is 8.36.